The topological polar surface area (TPSA) is 90.8 Å². The quantitative estimate of drug-likeness (QED) is 0.844. The summed E-state index contributed by atoms with van der Waals surface area (Å²) in [5.74, 6) is 0.653. The van der Waals surface area contributed by atoms with Gasteiger partial charge in [-0.2, -0.15) is 10.4 Å². The summed E-state index contributed by atoms with van der Waals surface area (Å²) in [7, 11) is 0. The van der Waals surface area contributed by atoms with Crippen LogP contribution in [0.5, 0.6) is 5.75 Å². The molecule has 18 heavy (non-hydrogen) atoms. The Morgan fingerprint density at radius 3 is 2.83 bits per heavy atom. The molecule has 6 heteroatoms. The van der Waals surface area contributed by atoms with Gasteiger partial charge in [0.05, 0.1) is 5.69 Å². The van der Waals surface area contributed by atoms with Gasteiger partial charge in [-0.25, -0.2) is 4.79 Å². The van der Waals surface area contributed by atoms with Crippen LogP contribution in [-0.2, 0) is 0 Å². The predicted molar refractivity (Wildman–Crippen MR) is 64.1 cm³/mol. The molecule has 0 saturated heterocycles. The number of aromatic nitrogens is 2. The number of H-pyrrole nitrogens is 1. The van der Waals surface area contributed by atoms with Crippen LogP contribution in [0.15, 0.2) is 30.3 Å². The van der Waals surface area contributed by atoms with E-state index in [9.17, 15) is 4.79 Å². The number of carbonyl (C=O) groups is 1. The lowest BCUT2D eigenvalue weighted by molar-refractivity contribution is 0.215. The SMILES string of the molecule is Cc1n[nH]c(NC(=O)Oc2ccccc2)c1C#N. The van der Waals surface area contributed by atoms with Gasteiger partial charge in [0.2, 0.25) is 0 Å². The summed E-state index contributed by atoms with van der Waals surface area (Å²) in [4.78, 5) is 11.6. The Balaban J connectivity index is 2.06. The van der Waals surface area contributed by atoms with Gasteiger partial charge in [0, 0.05) is 0 Å². The van der Waals surface area contributed by atoms with Crippen molar-refractivity contribution in [1.82, 2.24) is 10.2 Å². The van der Waals surface area contributed by atoms with Crippen LogP contribution >= 0.6 is 0 Å². The second-order valence-electron chi connectivity index (χ2n) is 3.50. The van der Waals surface area contributed by atoms with E-state index in [-0.39, 0.29) is 5.82 Å². The van der Waals surface area contributed by atoms with Gasteiger partial charge in [-0.15, -0.1) is 0 Å². The van der Waals surface area contributed by atoms with Crippen LogP contribution in [0.25, 0.3) is 0 Å². The lowest BCUT2D eigenvalue weighted by Gasteiger charge is -2.04. The highest BCUT2D eigenvalue weighted by Gasteiger charge is 2.13. The molecule has 0 radical (unpaired) electrons. The van der Waals surface area contributed by atoms with Gasteiger partial charge in [0.15, 0.2) is 0 Å². The third-order valence-corrected chi connectivity index (χ3v) is 2.24. The molecule has 0 aliphatic rings. The van der Waals surface area contributed by atoms with E-state index in [1.807, 2.05) is 12.1 Å². The number of benzene rings is 1. The first-order chi connectivity index (χ1) is 8.70. The van der Waals surface area contributed by atoms with Crippen LogP contribution in [0.4, 0.5) is 10.6 Å². The average Bonchev–Trinajstić information content (AvgIpc) is 2.71. The lowest BCUT2D eigenvalue weighted by atomic mass is 10.3. The number of anilines is 1. The molecular weight excluding hydrogens is 232 g/mol. The molecule has 2 rings (SSSR count). The molecule has 1 heterocycles. The largest absolute Gasteiger partial charge is 0.418 e. The Labute approximate surface area is 103 Å². The van der Waals surface area contributed by atoms with E-state index < -0.39 is 6.09 Å². The van der Waals surface area contributed by atoms with Crippen molar-refractivity contribution in [2.45, 2.75) is 6.92 Å². The number of rotatable bonds is 2. The van der Waals surface area contributed by atoms with Crippen LogP contribution in [0.2, 0.25) is 0 Å². The van der Waals surface area contributed by atoms with Gasteiger partial charge in [-0.05, 0) is 19.1 Å². The molecule has 90 valence electrons. The highest BCUT2D eigenvalue weighted by molar-refractivity contribution is 5.86. The molecular formula is C12H10N4O2. The Morgan fingerprint density at radius 2 is 2.17 bits per heavy atom. The third kappa shape index (κ3) is 2.47. The summed E-state index contributed by atoms with van der Waals surface area (Å²) in [6.07, 6.45) is -0.679. The zero-order chi connectivity index (χ0) is 13.0. The van der Waals surface area contributed by atoms with Crippen molar-refractivity contribution in [2.24, 2.45) is 0 Å². The first kappa shape index (κ1) is 11.7. The van der Waals surface area contributed by atoms with Crippen molar-refractivity contribution in [1.29, 1.82) is 5.26 Å². The van der Waals surface area contributed by atoms with Gasteiger partial charge in [-0.3, -0.25) is 10.4 Å². The number of para-hydroxylation sites is 1. The molecule has 0 bridgehead atoms. The number of nitrogens with one attached hydrogen (secondary N) is 2. The second-order valence-corrected chi connectivity index (χ2v) is 3.50. The van der Waals surface area contributed by atoms with Crippen LogP contribution in [0, 0.1) is 18.3 Å². The second kappa shape index (κ2) is 5.01. The van der Waals surface area contributed by atoms with Crippen molar-refractivity contribution in [2.75, 3.05) is 5.32 Å². The average molecular weight is 242 g/mol. The maximum Gasteiger partial charge on any atom is 0.418 e. The lowest BCUT2D eigenvalue weighted by Crippen LogP contribution is -2.17. The van der Waals surface area contributed by atoms with E-state index in [0.717, 1.165) is 0 Å². The minimum atomic E-state index is -0.679. The number of aromatic amines is 1. The number of hydrogen-bond acceptors (Lipinski definition) is 4. The van der Waals surface area contributed by atoms with Crippen molar-refractivity contribution in [3.05, 3.63) is 41.6 Å². The van der Waals surface area contributed by atoms with Gasteiger partial charge in [-0.1, -0.05) is 18.2 Å². The molecule has 0 aliphatic heterocycles. The van der Waals surface area contributed by atoms with E-state index in [4.69, 9.17) is 10.00 Å². The molecule has 2 N–H and O–H groups in total. The first-order valence-electron chi connectivity index (χ1n) is 5.19. The molecule has 1 aromatic heterocycles. The highest BCUT2D eigenvalue weighted by Crippen LogP contribution is 2.15. The van der Waals surface area contributed by atoms with Gasteiger partial charge >= 0.3 is 6.09 Å². The maximum atomic E-state index is 11.6. The summed E-state index contributed by atoms with van der Waals surface area (Å²) < 4.78 is 5.02. The molecule has 0 atom stereocenters. The summed E-state index contributed by atoms with van der Waals surface area (Å²) in [6.45, 7) is 1.67. The van der Waals surface area contributed by atoms with Crippen LogP contribution in [0.3, 0.4) is 0 Å². The van der Waals surface area contributed by atoms with Crippen molar-refractivity contribution < 1.29 is 9.53 Å². The molecule has 1 aromatic carbocycles. The van der Waals surface area contributed by atoms with E-state index in [1.54, 1.807) is 31.2 Å². The molecule has 0 saturated carbocycles. The molecule has 0 aliphatic carbocycles. The summed E-state index contributed by atoms with van der Waals surface area (Å²) in [6, 6.07) is 10.6. The van der Waals surface area contributed by atoms with Crippen molar-refractivity contribution in [3.8, 4) is 11.8 Å². The summed E-state index contributed by atoms with van der Waals surface area (Å²) in [5, 5.41) is 17.7. The number of aryl methyl sites for hydroxylation is 1. The molecule has 6 nitrogen and oxygen atoms in total. The minimum Gasteiger partial charge on any atom is -0.410 e. The molecule has 1 amide bonds. The Bertz CT molecular complexity index is 598. The minimum absolute atomic E-state index is 0.232. The zero-order valence-electron chi connectivity index (χ0n) is 9.60. The fraction of sp³-hybridized carbons (Fsp3) is 0.0833. The summed E-state index contributed by atoms with van der Waals surface area (Å²) in [5.41, 5.74) is 0.813. The smallest absolute Gasteiger partial charge is 0.410 e. The van der Waals surface area contributed by atoms with E-state index in [1.165, 1.54) is 0 Å². The maximum absolute atomic E-state index is 11.6. The first-order valence-corrected chi connectivity index (χ1v) is 5.19. The van der Waals surface area contributed by atoms with Gasteiger partial charge in [0.1, 0.15) is 23.2 Å². The fourth-order valence-electron chi connectivity index (χ4n) is 1.38. The van der Waals surface area contributed by atoms with Gasteiger partial charge in [0.25, 0.3) is 0 Å². The standard InChI is InChI=1S/C12H10N4O2/c1-8-10(7-13)11(16-15-8)14-12(17)18-9-5-3-2-4-6-9/h2-6H,1H3,(H2,14,15,16,17). The monoisotopic (exact) mass is 242 g/mol. The molecule has 2 aromatic rings. The summed E-state index contributed by atoms with van der Waals surface area (Å²) >= 11 is 0. The van der Waals surface area contributed by atoms with Crippen molar-refractivity contribution in [3.63, 3.8) is 0 Å². The van der Waals surface area contributed by atoms with E-state index in [2.05, 4.69) is 15.5 Å². The van der Waals surface area contributed by atoms with Crippen LogP contribution in [0.1, 0.15) is 11.3 Å². The van der Waals surface area contributed by atoms with Crippen LogP contribution in [-0.4, -0.2) is 16.3 Å². The number of carbonyl (C=O) groups excluding carboxylic acids is 1. The van der Waals surface area contributed by atoms with E-state index >= 15 is 0 Å². The highest BCUT2D eigenvalue weighted by atomic mass is 16.6. The number of nitrogens with zero attached hydrogens (tertiary/aromatic N) is 2. The van der Waals surface area contributed by atoms with E-state index in [0.29, 0.717) is 17.0 Å². The molecule has 0 unspecified atom stereocenters. The Hall–Kier alpha value is -2.81. The predicted octanol–water partition coefficient (Wildman–Crippen LogP) is 2.20. The Morgan fingerprint density at radius 1 is 1.44 bits per heavy atom. The normalized spacial score (nSPS) is 9.56. The number of hydrogen-bond donors (Lipinski definition) is 2. The molecule has 0 fully saturated rings. The Kier molecular flexibility index (Phi) is 3.25. The molecule has 0 spiro atoms. The van der Waals surface area contributed by atoms with Gasteiger partial charge < -0.3 is 4.74 Å². The van der Waals surface area contributed by atoms with Crippen molar-refractivity contribution >= 4 is 11.9 Å². The number of nitriles is 1. The number of ether oxygens (including phenoxy) is 1. The zero-order valence-corrected chi connectivity index (χ0v) is 9.60. The van der Waals surface area contributed by atoms with Crippen LogP contribution < -0.4 is 10.1 Å². The third-order valence-electron chi connectivity index (χ3n) is 2.24. The number of amides is 1. The fourth-order valence-corrected chi connectivity index (χ4v) is 1.38.